The first-order chi connectivity index (χ1) is 14.8. The fourth-order valence-corrected chi connectivity index (χ4v) is 3.28. The van der Waals surface area contributed by atoms with E-state index in [-0.39, 0.29) is 16.6 Å². The predicted octanol–water partition coefficient (Wildman–Crippen LogP) is 4.91. The molecule has 3 rings (SSSR count). The number of nitrogens with zero attached hydrogens (tertiary/aromatic N) is 2. The van der Waals surface area contributed by atoms with Gasteiger partial charge in [0.15, 0.2) is 5.16 Å². The quantitative estimate of drug-likeness (QED) is 0.408. The summed E-state index contributed by atoms with van der Waals surface area (Å²) in [6.45, 7) is 0. The second kappa shape index (κ2) is 9.69. The van der Waals surface area contributed by atoms with Crippen molar-refractivity contribution >= 4 is 23.4 Å². The van der Waals surface area contributed by atoms with E-state index >= 15 is 0 Å². The minimum atomic E-state index is -4.64. The molecule has 6 nitrogen and oxygen atoms in total. The van der Waals surface area contributed by atoms with Gasteiger partial charge in [0.1, 0.15) is 17.2 Å². The maximum absolute atomic E-state index is 13.3. The highest BCUT2D eigenvalue weighted by atomic mass is 32.2. The second-order valence-corrected chi connectivity index (χ2v) is 7.13. The average Bonchev–Trinajstić information content (AvgIpc) is 2.77. The van der Waals surface area contributed by atoms with Crippen molar-refractivity contribution in [2.75, 3.05) is 25.3 Å². The zero-order valence-corrected chi connectivity index (χ0v) is 17.4. The van der Waals surface area contributed by atoms with Crippen LogP contribution in [0.1, 0.15) is 5.69 Å². The highest BCUT2D eigenvalue weighted by molar-refractivity contribution is 7.99. The molecular weight excluding hydrogens is 431 g/mol. The van der Waals surface area contributed by atoms with Crippen LogP contribution < -0.4 is 14.8 Å². The van der Waals surface area contributed by atoms with Gasteiger partial charge in [-0.3, -0.25) is 4.79 Å². The lowest BCUT2D eigenvalue weighted by molar-refractivity contribution is -0.141. The highest BCUT2D eigenvalue weighted by Gasteiger charge is 2.34. The molecule has 0 spiro atoms. The molecule has 1 heterocycles. The molecule has 2 aromatic carbocycles. The first-order valence-corrected chi connectivity index (χ1v) is 9.95. The summed E-state index contributed by atoms with van der Waals surface area (Å²) in [7, 11) is 2.94. The number of thioether (sulfide) groups is 1. The SMILES string of the molecule is COc1ccc(OC)c(NC(=O)CSc2nc(-c3ccccc3)cc(C(F)(F)F)n2)c1. The number of rotatable bonds is 7. The van der Waals surface area contributed by atoms with Crippen LogP contribution in [0.15, 0.2) is 59.8 Å². The Bertz CT molecular complexity index is 1060. The first kappa shape index (κ1) is 22.4. The van der Waals surface area contributed by atoms with Gasteiger partial charge in [-0.2, -0.15) is 13.2 Å². The van der Waals surface area contributed by atoms with Gasteiger partial charge in [0, 0.05) is 11.6 Å². The van der Waals surface area contributed by atoms with Crippen molar-refractivity contribution in [3.8, 4) is 22.8 Å². The molecular formula is C21H18F3N3O3S. The molecule has 0 unspecified atom stereocenters. The molecule has 0 atom stereocenters. The molecule has 0 fully saturated rings. The highest BCUT2D eigenvalue weighted by Crippen LogP contribution is 2.32. The lowest BCUT2D eigenvalue weighted by atomic mass is 10.1. The third-order valence-electron chi connectivity index (χ3n) is 4.08. The van der Waals surface area contributed by atoms with Gasteiger partial charge in [-0.25, -0.2) is 9.97 Å². The number of aromatic nitrogens is 2. The molecule has 0 aliphatic carbocycles. The van der Waals surface area contributed by atoms with E-state index in [9.17, 15) is 18.0 Å². The Labute approximate surface area is 180 Å². The van der Waals surface area contributed by atoms with Gasteiger partial charge in [0.25, 0.3) is 0 Å². The number of carbonyl (C=O) groups is 1. The van der Waals surface area contributed by atoms with Crippen molar-refractivity contribution < 1.29 is 27.4 Å². The summed E-state index contributed by atoms with van der Waals surface area (Å²) in [4.78, 5) is 20.1. The summed E-state index contributed by atoms with van der Waals surface area (Å²) in [5.41, 5.74) is -0.0516. The summed E-state index contributed by atoms with van der Waals surface area (Å²) in [6.07, 6.45) is -4.64. The van der Waals surface area contributed by atoms with E-state index in [1.54, 1.807) is 48.5 Å². The Morgan fingerprint density at radius 2 is 1.77 bits per heavy atom. The van der Waals surface area contributed by atoms with Gasteiger partial charge in [-0.1, -0.05) is 42.1 Å². The summed E-state index contributed by atoms with van der Waals surface area (Å²) in [5.74, 6) is 0.271. The fourth-order valence-electron chi connectivity index (χ4n) is 2.62. The number of amides is 1. The van der Waals surface area contributed by atoms with Gasteiger partial charge in [-0.15, -0.1) is 0 Å². The third-order valence-corrected chi connectivity index (χ3v) is 4.93. The van der Waals surface area contributed by atoms with Crippen LogP contribution in [0.25, 0.3) is 11.3 Å². The average molecular weight is 449 g/mol. The second-order valence-electron chi connectivity index (χ2n) is 6.19. The van der Waals surface area contributed by atoms with Gasteiger partial charge in [0.2, 0.25) is 5.91 Å². The number of alkyl halides is 3. The summed E-state index contributed by atoms with van der Waals surface area (Å²) in [5, 5.41) is 2.50. The minimum absolute atomic E-state index is 0.125. The predicted molar refractivity (Wildman–Crippen MR) is 111 cm³/mol. The number of benzene rings is 2. The largest absolute Gasteiger partial charge is 0.497 e. The maximum atomic E-state index is 13.3. The molecule has 0 bridgehead atoms. The lowest BCUT2D eigenvalue weighted by Crippen LogP contribution is -2.16. The van der Waals surface area contributed by atoms with E-state index in [1.165, 1.54) is 14.2 Å². The monoisotopic (exact) mass is 449 g/mol. The molecule has 162 valence electrons. The van der Waals surface area contributed by atoms with Gasteiger partial charge in [0.05, 0.1) is 31.4 Å². The van der Waals surface area contributed by atoms with Crippen molar-refractivity contribution in [2.45, 2.75) is 11.3 Å². The van der Waals surface area contributed by atoms with E-state index in [0.29, 0.717) is 22.7 Å². The van der Waals surface area contributed by atoms with Crippen LogP contribution in [0.4, 0.5) is 18.9 Å². The number of hydrogen-bond donors (Lipinski definition) is 1. The molecule has 0 saturated carbocycles. The zero-order valence-electron chi connectivity index (χ0n) is 16.6. The molecule has 31 heavy (non-hydrogen) atoms. The Kier molecular flexibility index (Phi) is 7.01. The number of methoxy groups -OCH3 is 2. The van der Waals surface area contributed by atoms with Crippen molar-refractivity contribution in [2.24, 2.45) is 0 Å². The molecule has 1 N–H and O–H groups in total. The van der Waals surface area contributed by atoms with Crippen LogP contribution in [0, 0.1) is 0 Å². The van der Waals surface area contributed by atoms with Crippen LogP contribution >= 0.6 is 11.8 Å². The van der Waals surface area contributed by atoms with Crippen LogP contribution in [0.2, 0.25) is 0 Å². The molecule has 1 amide bonds. The number of halogens is 3. The molecule has 0 radical (unpaired) electrons. The van der Waals surface area contributed by atoms with E-state index in [2.05, 4.69) is 15.3 Å². The van der Waals surface area contributed by atoms with Crippen LogP contribution in [-0.4, -0.2) is 35.8 Å². The number of ether oxygens (including phenoxy) is 2. The van der Waals surface area contributed by atoms with Gasteiger partial charge >= 0.3 is 6.18 Å². The Hall–Kier alpha value is -3.27. The van der Waals surface area contributed by atoms with Crippen molar-refractivity contribution in [3.63, 3.8) is 0 Å². The van der Waals surface area contributed by atoms with E-state index in [0.717, 1.165) is 17.8 Å². The van der Waals surface area contributed by atoms with Crippen LogP contribution in [0.5, 0.6) is 11.5 Å². The standard InChI is InChI=1S/C21H18F3N3O3S/c1-29-14-8-9-17(30-2)16(10-14)25-19(28)12-31-20-26-15(13-6-4-3-5-7-13)11-18(27-20)21(22,23)24/h3-11H,12H2,1-2H3,(H,25,28). The zero-order chi connectivity index (χ0) is 22.4. The lowest BCUT2D eigenvalue weighted by Gasteiger charge is -2.12. The Morgan fingerprint density at radius 1 is 1.03 bits per heavy atom. The normalized spacial score (nSPS) is 11.1. The Morgan fingerprint density at radius 3 is 2.42 bits per heavy atom. The first-order valence-electron chi connectivity index (χ1n) is 8.96. The molecule has 0 aliphatic rings. The van der Waals surface area contributed by atoms with Crippen LogP contribution in [0.3, 0.4) is 0 Å². The third kappa shape index (κ3) is 5.88. The number of nitrogens with one attached hydrogen (secondary N) is 1. The Balaban J connectivity index is 1.79. The summed E-state index contributed by atoms with van der Waals surface area (Å²) < 4.78 is 50.2. The molecule has 1 aromatic heterocycles. The molecule has 10 heteroatoms. The van der Waals surface area contributed by atoms with E-state index in [4.69, 9.17) is 9.47 Å². The number of anilines is 1. The van der Waals surface area contributed by atoms with Crippen LogP contribution in [-0.2, 0) is 11.0 Å². The van der Waals surface area contributed by atoms with Gasteiger partial charge in [-0.05, 0) is 18.2 Å². The van der Waals surface area contributed by atoms with Crippen molar-refractivity contribution in [1.29, 1.82) is 0 Å². The molecule has 3 aromatic rings. The maximum Gasteiger partial charge on any atom is 0.433 e. The fraction of sp³-hybridized carbons (Fsp3) is 0.190. The minimum Gasteiger partial charge on any atom is -0.497 e. The van der Waals surface area contributed by atoms with E-state index < -0.39 is 17.8 Å². The van der Waals surface area contributed by atoms with Crippen molar-refractivity contribution in [3.05, 3.63) is 60.3 Å². The smallest absolute Gasteiger partial charge is 0.433 e. The molecule has 0 saturated heterocycles. The van der Waals surface area contributed by atoms with Crippen molar-refractivity contribution in [1.82, 2.24) is 9.97 Å². The molecule has 0 aliphatic heterocycles. The summed E-state index contributed by atoms with van der Waals surface area (Å²) >= 11 is 0.804. The topological polar surface area (TPSA) is 73.3 Å². The van der Waals surface area contributed by atoms with Gasteiger partial charge < -0.3 is 14.8 Å². The number of hydrogen-bond acceptors (Lipinski definition) is 6. The van der Waals surface area contributed by atoms with E-state index in [1.807, 2.05) is 0 Å². The number of carbonyl (C=O) groups excluding carboxylic acids is 1. The summed E-state index contributed by atoms with van der Waals surface area (Å²) in [6, 6.07) is 14.2.